The zero-order valence-electron chi connectivity index (χ0n) is 11.2. The molecule has 0 radical (unpaired) electrons. The molecule has 0 N–H and O–H groups in total. The fraction of sp³-hybridized carbons (Fsp3) is 0.214. The minimum Gasteiger partial charge on any atom is -0.465 e. The summed E-state index contributed by atoms with van der Waals surface area (Å²) < 4.78 is 12.8. The van der Waals surface area contributed by atoms with Crippen LogP contribution >= 0.6 is 15.9 Å². The number of nitrogens with zero attached hydrogens (tertiary/aromatic N) is 3. The Labute approximate surface area is 128 Å². The van der Waals surface area contributed by atoms with E-state index < -0.39 is 0 Å². The lowest BCUT2D eigenvalue weighted by Gasteiger charge is -2.06. The number of pyridine rings is 1. The van der Waals surface area contributed by atoms with Crippen LogP contribution in [0.4, 0.5) is 0 Å². The fourth-order valence-corrected chi connectivity index (χ4v) is 2.37. The van der Waals surface area contributed by atoms with Crippen molar-refractivity contribution >= 4 is 33.1 Å². The Balaban J connectivity index is 2.12. The molecule has 0 aliphatic carbocycles. The van der Waals surface area contributed by atoms with Gasteiger partial charge in [-0.2, -0.15) is 0 Å². The number of furan rings is 1. The molecule has 108 valence electrons. The van der Waals surface area contributed by atoms with E-state index in [1.54, 1.807) is 35.9 Å². The van der Waals surface area contributed by atoms with Gasteiger partial charge < -0.3 is 9.15 Å². The third-order valence-electron chi connectivity index (χ3n) is 2.89. The molecule has 0 atom stereocenters. The van der Waals surface area contributed by atoms with E-state index in [4.69, 9.17) is 9.15 Å². The van der Waals surface area contributed by atoms with Crippen LogP contribution in [0.15, 0.2) is 39.5 Å². The lowest BCUT2D eigenvalue weighted by molar-refractivity contribution is -0.143. The normalized spacial score (nSPS) is 11.0. The average Bonchev–Trinajstić information content (AvgIpc) is 3.04. The summed E-state index contributed by atoms with van der Waals surface area (Å²) in [5, 5.41) is 0. The van der Waals surface area contributed by atoms with E-state index in [1.807, 2.05) is 6.07 Å². The minimum absolute atomic E-state index is 0.0367. The smallest absolute Gasteiger partial charge is 0.326 e. The summed E-state index contributed by atoms with van der Waals surface area (Å²) in [5.74, 6) is 0.765. The molecule has 0 spiro atoms. The van der Waals surface area contributed by atoms with E-state index in [1.165, 1.54) is 0 Å². The van der Waals surface area contributed by atoms with Gasteiger partial charge in [-0.3, -0.25) is 9.36 Å². The Morgan fingerprint density at radius 1 is 1.43 bits per heavy atom. The maximum Gasteiger partial charge on any atom is 0.326 e. The Morgan fingerprint density at radius 2 is 2.29 bits per heavy atom. The predicted octanol–water partition coefficient (Wildman–Crippen LogP) is 3.02. The summed E-state index contributed by atoms with van der Waals surface area (Å²) in [4.78, 5) is 20.6. The molecule has 0 fully saturated rings. The number of imidazole rings is 1. The third kappa shape index (κ3) is 2.69. The van der Waals surface area contributed by atoms with Crippen molar-refractivity contribution in [3.63, 3.8) is 0 Å². The number of aromatic nitrogens is 3. The fourth-order valence-electron chi connectivity index (χ4n) is 2.07. The largest absolute Gasteiger partial charge is 0.465 e. The first kappa shape index (κ1) is 13.8. The SMILES string of the molecule is CCOC(=O)Cn1c(-c2ccc(Br)o2)nc2cccnc21. The molecule has 0 amide bonds. The van der Waals surface area contributed by atoms with E-state index in [0.717, 1.165) is 0 Å². The maximum atomic E-state index is 11.8. The van der Waals surface area contributed by atoms with Gasteiger partial charge in [0.1, 0.15) is 12.1 Å². The van der Waals surface area contributed by atoms with E-state index in [2.05, 4.69) is 25.9 Å². The second-order valence-corrected chi connectivity index (χ2v) is 5.06. The van der Waals surface area contributed by atoms with Crippen molar-refractivity contribution in [3.8, 4) is 11.6 Å². The van der Waals surface area contributed by atoms with Crippen LogP contribution in [0, 0.1) is 0 Å². The van der Waals surface area contributed by atoms with Gasteiger partial charge >= 0.3 is 5.97 Å². The summed E-state index contributed by atoms with van der Waals surface area (Å²) in [6.45, 7) is 2.14. The van der Waals surface area contributed by atoms with Crippen LogP contribution in [-0.2, 0) is 16.1 Å². The van der Waals surface area contributed by atoms with Crippen LogP contribution in [0.2, 0.25) is 0 Å². The van der Waals surface area contributed by atoms with Crippen molar-refractivity contribution in [3.05, 3.63) is 35.1 Å². The molecule has 3 aromatic rings. The highest BCUT2D eigenvalue weighted by molar-refractivity contribution is 9.10. The van der Waals surface area contributed by atoms with Crippen molar-refractivity contribution in [2.45, 2.75) is 13.5 Å². The van der Waals surface area contributed by atoms with Gasteiger partial charge in [0.25, 0.3) is 0 Å². The van der Waals surface area contributed by atoms with Crippen molar-refractivity contribution in [1.29, 1.82) is 0 Å². The Kier molecular flexibility index (Phi) is 3.74. The number of rotatable bonds is 4. The summed E-state index contributed by atoms with van der Waals surface area (Å²) >= 11 is 3.26. The quantitative estimate of drug-likeness (QED) is 0.677. The van der Waals surface area contributed by atoms with E-state index >= 15 is 0 Å². The molecule has 0 saturated carbocycles. The lowest BCUT2D eigenvalue weighted by atomic mass is 10.4. The summed E-state index contributed by atoms with van der Waals surface area (Å²) in [6.07, 6.45) is 1.66. The molecule has 3 aromatic heterocycles. The van der Waals surface area contributed by atoms with Crippen LogP contribution in [0.25, 0.3) is 22.7 Å². The number of carbonyl (C=O) groups excluding carboxylic acids is 1. The Hall–Kier alpha value is -2.15. The second-order valence-electron chi connectivity index (χ2n) is 4.28. The van der Waals surface area contributed by atoms with Crippen LogP contribution in [0.1, 0.15) is 6.92 Å². The molecule has 21 heavy (non-hydrogen) atoms. The molecule has 0 saturated heterocycles. The average molecular weight is 350 g/mol. The van der Waals surface area contributed by atoms with E-state index in [-0.39, 0.29) is 12.5 Å². The van der Waals surface area contributed by atoms with Crippen molar-refractivity contribution in [2.24, 2.45) is 0 Å². The van der Waals surface area contributed by atoms with Crippen molar-refractivity contribution in [2.75, 3.05) is 6.61 Å². The second kappa shape index (κ2) is 5.69. The molecule has 0 unspecified atom stereocenters. The zero-order valence-corrected chi connectivity index (χ0v) is 12.8. The van der Waals surface area contributed by atoms with Gasteiger partial charge in [-0.15, -0.1) is 0 Å². The Morgan fingerprint density at radius 3 is 3.00 bits per heavy atom. The first-order valence-electron chi connectivity index (χ1n) is 6.41. The first-order valence-corrected chi connectivity index (χ1v) is 7.21. The first-order chi connectivity index (χ1) is 10.2. The molecule has 7 heteroatoms. The molecule has 0 bridgehead atoms. The number of halogens is 1. The number of fused-ring (bicyclic) bond motifs is 1. The molecule has 0 aliphatic heterocycles. The molecule has 0 aliphatic rings. The van der Waals surface area contributed by atoms with Crippen LogP contribution in [0.3, 0.4) is 0 Å². The summed E-state index contributed by atoms with van der Waals surface area (Å²) in [6, 6.07) is 7.20. The van der Waals surface area contributed by atoms with Crippen LogP contribution in [-0.4, -0.2) is 27.1 Å². The maximum absolute atomic E-state index is 11.8. The van der Waals surface area contributed by atoms with Crippen LogP contribution in [0.5, 0.6) is 0 Å². The number of esters is 1. The molecule has 3 rings (SSSR count). The number of ether oxygens (including phenoxy) is 1. The van der Waals surface area contributed by atoms with Gasteiger partial charge in [0.05, 0.1) is 6.61 Å². The van der Waals surface area contributed by atoms with E-state index in [0.29, 0.717) is 34.0 Å². The zero-order chi connectivity index (χ0) is 14.8. The van der Waals surface area contributed by atoms with Gasteiger partial charge in [0.15, 0.2) is 21.9 Å². The number of hydrogen-bond donors (Lipinski definition) is 0. The third-order valence-corrected chi connectivity index (χ3v) is 3.32. The predicted molar refractivity (Wildman–Crippen MR) is 79.6 cm³/mol. The van der Waals surface area contributed by atoms with Gasteiger partial charge in [-0.05, 0) is 47.1 Å². The minimum atomic E-state index is -0.339. The highest BCUT2D eigenvalue weighted by atomic mass is 79.9. The highest BCUT2D eigenvalue weighted by Crippen LogP contribution is 2.27. The molecule has 6 nitrogen and oxygen atoms in total. The lowest BCUT2D eigenvalue weighted by Crippen LogP contribution is -2.14. The Bertz CT molecular complexity index is 794. The highest BCUT2D eigenvalue weighted by Gasteiger charge is 2.18. The van der Waals surface area contributed by atoms with Gasteiger partial charge in [0.2, 0.25) is 0 Å². The monoisotopic (exact) mass is 349 g/mol. The van der Waals surface area contributed by atoms with E-state index in [9.17, 15) is 4.79 Å². The molecular formula is C14H12BrN3O3. The van der Waals surface area contributed by atoms with Gasteiger partial charge in [0, 0.05) is 6.20 Å². The van der Waals surface area contributed by atoms with Crippen molar-refractivity contribution < 1.29 is 13.9 Å². The topological polar surface area (TPSA) is 70.2 Å². The standard InChI is InChI=1S/C14H12BrN3O3/c1-2-20-12(19)8-18-13-9(4-3-7-16-13)17-14(18)10-5-6-11(15)21-10/h3-7H,2,8H2,1H3. The van der Waals surface area contributed by atoms with Crippen LogP contribution < -0.4 is 0 Å². The molecule has 3 heterocycles. The van der Waals surface area contributed by atoms with Crippen molar-refractivity contribution in [1.82, 2.24) is 14.5 Å². The number of carbonyl (C=O) groups is 1. The molecule has 0 aromatic carbocycles. The summed E-state index contributed by atoms with van der Waals surface area (Å²) in [5.41, 5.74) is 1.32. The number of hydrogen-bond acceptors (Lipinski definition) is 5. The summed E-state index contributed by atoms with van der Waals surface area (Å²) in [7, 11) is 0. The van der Waals surface area contributed by atoms with Gasteiger partial charge in [-0.1, -0.05) is 0 Å². The van der Waals surface area contributed by atoms with Gasteiger partial charge in [-0.25, -0.2) is 9.97 Å². The molecular weight excluding hydrogens is 338 g/mol.